The topological polar surface area (TPSA) is 93.0 Å². The summed E-state index contributed by atoms with van der Waals surface area (Å²) in [5, 5.41) is 16.7. The molecule has 2 N–H and O–H groups in total. The van der Waals surface area contributed by atoms with Gasteiger partial charge >= 0.3 is 5.69 Å². The van der Waals surface area contributed by atoms with Gasteiger partial charge in [-0.3, -0.25) is 10.1 Å². The van der Waals surface area contributed by atoms with Gasteiger partial charge in [0.1, 0.15) is 6.20 Å². The van der Waals surface area contributed by atoms with Crippen molar-refractivity contribution < 1.29 is 4.92 Å². The van der Waals surface area contributed by atoms with Gasteiger partial charge in [0.15, 0.2) is 0 Å². The van der Waals surface area contributed by atoms with Crippen molar-refractivity contribution in [2.24, 2.45) is 0 Å². The van der Waals surface area contributed by atoms with Gasteiger partial charge in [0, 0.05) is 13.6 Å². The molecule has 2 rings (SSSR count). The molecule has 1 heterocycles. The van der Waals surface area contributed by atoms with E-state index in [2.05, 4.69) is 20.6 Å². The molecule has 0 amide bonds. The molecule has 2 aromatic rings. The lowest BCUT2D eigenvalue weighted by Crippen LogP contribution is -2.08. The number of hydrogen-bond acceptors (Lipinski definition) is 6. The first-order valence-electron chi connectivity index (χ1n) is 6.09. The maximum absolute atomic E-state index is 11.0. The third kappa shape index (κ3) is 3.00. The summed E-state index contributed by atoms with van der Waals surface area (Å²) in [5.74, 6) is 0.542. The molecule has 1 aromatic heterocycles. The standard InChI is InChI=1S/C13H15N5O2/c1-9-5-3-4-6-10(9)7-15-12-11(18(19)20)8-16-13(14-2)17-12/h3-6,8H,7H2,1-2H3,(H2,14,15,16,17). The summed E-state index contributed by atoms with van der Waals surface area (Å²) >= 11 is 0. The number of aromatic nitrogens is 2. The van der Waals surface area contributed by atoms with Gasteiger partial charge in [0.25, 0.3) is 0 Å². The van der Waals surface area contributed by atoms with Crippen LogP contribution in [0.1, 0.15) is 11.1 Å². The molecule has 0 bridgehead atoms. The Morgan fingerprint density at radius 3 is 2.75 bits per heavy atom. The van der Waals surface area contributed by atoms with Crippen molar-refractivity contribution in [3.63, 3.8) is 0 Å². The van der Waals surface area contributed by atoms with E-state index in [-0.39, 0.29) is 11.5 Å². The highest BCUT2D eigenvalue weighted by atomic mass is 16.6. The van der Waals surface area contributed by atoms with Crippen LogP contribution in [0, 0.1) is 17.0 Å². The molecule has 0 fully saturated rings. The molecule has 0 spiro atoms. The van der Waals surface area contributed by atoms with E-state index in [1.165, 1.54) is 6.20 Å². The number of benzene rings is 1. The summed E-state index contributed by atoms with van der Waals surface area (Å²) in [5.41, 5.74) is 2.04. The quantitative estimate of drug-likeness (QED) is 0.641. The molecule has 104 valence electrons. The van der Waals surface area contributed by atoms with E-state index in [0.29, 0.717) is 12.5 Å². The van der Waals surface area contributed by atoms with Crippen molar-refractivity contribution in [2.45, 2.75) is 13.5 Å². The van der Waals surface area contributed by atoms with Crippen LogP contribution in [0.5, 0.6) is 0 Å². The second kappa shape index (κ2) is 5.96. The average molecular weight is 273 g/mol. The van der Waals surface area contributed by atoms with Crippen molar-refractivity contribution in [2.75, 3.05) is 17.7 Å². The summed E-state index contributed by atoms with van der Waals surface area (Å²) in [7, 11) is 1.66. The Morgan fingerprint density at radius 2 is 2.10 bits per heavy atom. The van der Waals surface area contributed by atoms with Gasteiger partial charge in [-0.2, -0.15) is 4.98 Å². The smallest absolute Gasteiger partial charge is 0.329 e. The molecular formula is C13H15N5O2. The summed E-state index contributed by atoms with van der Waals surface area (Å²) in [6, 6.07) is 7.83. The Balaban J connectivity index is 2.24. The van der Waals surface area contributed by atoms with Crippen LogP contribution >= 0.6 is 0 Å². The lowest BCUT2D eigenvalue weighted by Gasteiger charge is -2.09. The summed E-state index contributed by atoms with van der Waals surface area (Å²) in [4.78, 5) is 18.4. The van der Waals surface area contributed by atoms with Crippen molar-refractivity contribution in [1.29, 1.82) is 0 Å². The van der Waals surface area contributed by atoms with E-state index in [9.17, 15) is 10.1 Å². The Labute approximate surface area is 116 Å². The van der Waals surface area contributed by atoms with Gasteiger partial charge in [-0.1, -0.05) is 24.3 Å². The number of nitrogens with one attached hydrogen (secondary N) is 2. The first-order chi connectivity index (χ1) is 9.61. The summed E-state index contributed by atoms with van der Waals surface area (Å²) < 4.78 is 0. The molecule has 7 nitrogen and oxygen atoms in total. The Bertz CT molecular complexity index is 630. The molecule has 20 heavy (non-hydrogen) atoms. The van der Waals surface area contributed by atoms with Crippen molar-refractivity contribution in [3.05, 3.63) is 51.7 Å². The average Bonchev–Trinajstić information content (AvgIpc) is 2.46. The number of nitro groups is 1. The van der Waals surface area contributed by atoms with Crippen molar-refractivity contribution >= 4 is 17.5 Å². The Morgan fingerprint density at radius 1 is 1.35 bits per heavy atom. The largest absolute Gasteiger partial charge is 0.360 e. The minimum absolute atomic E-state index is 0.141. The SMILES string of the molecule is CNc1ncc([N+](=O)[O-])c(NCc2ccccc2C)n1. The van der Waals surface area contributed by atoms with Gasteiger partial charge in [-0.15, -0.1) is 0 Å². The summed E-state index contributed by atoms with van der Waals surface area (Å²) in [6.07, 6.45) is 1.19. The lowest BCUT2D eigenvalue weighted by molar-refractivity contribution is -0.384. The first-order valence-corrected chi connectivity index (χ1v) is 6.09. The lowest BCUT2D eigenvalue weighted by atomic mass is 10.1. The molecule has 7 heteroatoms. The van der Waals surface area contributed by atoms with E-state index in [1.807, 2.05) is 31.2 Å². The zero-order valence-electron chi connectivity index (χ0n) is 11.3. The van der Waals surface area contributed by atoms with Gasteiger partial charge in [-0.25, -0.2) is 4.98 Å². The Hall–Kier alpha value is -2.70. The van der Waals surface area contributed by atoms with Crippen molar-refractivity contribution in [1.82, 2.24) is 9.97 Å². The molecule has 0 atom stereocenters. The van der Waals surface area contributed by atoms with Gasteiger partial charge in [-0.05, 0) is 18.1 Å². The highest BCUT2D eigenvalue weighted by Crippen LogP contribution is 2.22. The number of aryl methyl sites for hydroxylation is 1. The van der Waals surface area contributed by atoms with E-state index in [1.54, 1.807) is 7.05 Å². The third-order valence-corrected chi connectivity index (χ3v) is 2.90. The number of hydrogen-bond donors (Lipinski definition) is 2. The molecule has 0 saturated heterocycles. The molecule has 0 saturated carbocycles. The first kappa shape index (κ1) is 13.7. The highest BCUT2D eigenvalue weighted by molar-refractivity contribution is 5.57. The fourth-order valence-electron chi connectivity index (χ4n) is 1.75. The predicted molar refractivity (Wildman–Crippen MR) is 76.7 cm³/mol. The number of rotatable bonds is 5. The minimum atomic E-state index is -0.500. The molecule has 1 aromatic carbocycles. The number of nitrogens with zero attached hydrogens (tertiary/aromatic N) is 3. The minimum Gasteiger partial charge on any atom is -0.360 e. The Kier molecular flexibility index (Phi) is 4.09. The van der Waals surface area contributed by atoms with Crippen LogP contribution in [0.3, 0.4) is 0 Å². The maximum atomic E-state index is 11.0. The fraction of sp³-hybridized carbons (Fsp3) is 0.231. The molecular weight excluding hydrogens is 258 g/mol. The summed E-state index contributed by atoms with van der Waals surface area (Å²) in [6.45, 7) is 2.46. The van der Waals surface area contributed by atoms with Crippen LogP contribution in [0.25, 0.3) is 0 Å². The van der Waals surface area contributed by atoms with Crippen LogP contribution in [-0.4, -0.2) is 21.9 Å². The van der Waals surface area contributed by atoms with Crippen molar-refractivity contribution in [3.8, 4) is 0 Å². The van der Waals surface area contributed by atoms with E-state index >= 15 is 0 Å². The molecule has 0 aliphatic carbocycles. The van der Waals surface area contributed by atoms with Gasteiger partial charge < -0.3 is 10.6 Å². The van der Waals surface area contributed by atoms with Crippen LogP contribution in [0.4, 0.5) is 17.5 Å². The normalized spacial score (nSPS) is 10.1. The number of anilines is 2. The van der Waals surface area contributed by atoms with Crippen LogP contribution in [0.2, 0.25) is 0 Å². The molecule has 0 aliphatic rings. The van der Waals surface area contributed by atoms with Crippen LogP contribution < -0.4 is 10.6 Å². The predicted octanol–water partition coefficient (Wildman–Crippen LogP) is 2.35. The monoisotopic (exact) mass is 273 g/mol. The van der Waals surface area contributed by atoms with Crippen LogP contribution in [0.15, 0.2) is 30.5 Å². The highest BCUT2D eigenvalue weighted by Gasteiger charge is 2.16. The third-order valence-electron chi connectivity index (χ3n) is 2.90. The van der Waals surface area contributed by atoms with Gasteiger partial charge in [0.2, 0.25) is 11.8 Å². The molecule has 0 aliphatic heterocycles. The zero-order chi connectivity index (χ0) is 14.5. The van der Waals surface area contributed by atoms with E-state index in [0.717, 1.165) is 11.1 Å². The molecule has 0 unspecified atom stereocenters. The molecule has 0 radical (unpaired) electrons. The fourth-order valence-corrected chi connectivity index (χ4v) is 1.75. The van der Waals surface area contributed by atoms with E-state index < -0.39 is 4.92 Å². The van der Waals surface area contributed by atoms with Crippen LogP contribution in [-0.2, 0) is 6.54 Å². The van der Waals surface area contributed by atoms with E-state index in [4.69, 9.17) is 0 Å². The van der Waals surface area contributed by atoms with Gasteiger partial charge in [0.05, 0.1) is 4.92 Å². The second-order valence-electron chi connectivity index (χ2n) is 4.21. The zero-order valence-corrected chi connectivity index (χ0v) is 11.3. The maximum Gasteiger partial charge on any atom is 0.329 e. The second-order valence-corrected chi connectivity index (χ2v) is 4.21.